The van der Waals surface area contributed by atoms with Gasteiger partial charge in [0.1, 0.15) is 12.4 Å². The number of unbranched alkanes of at least 4 members (excludes halogenated alkanes) is 1. The van der Waals surface area contributed by atoms with Crippen LogP contribution in [0.25, 0.3) is 11.0 Å². The van der Waals surface area contributed by atoms with Crippen LogP contribution < -0.4 is 0 Å². The molecule has 0 aliphatic carbocycles. The van der Waals surface area contributed by atoms with Crippen molar-refractivity contribution in [2.24, 2.45) is 0 Å². The number of esters is 1. The number of hydrogen-bond donors (Lipinski definition) is 1. The molecular weight excluding hydrogens is 516 g/mol. The van der Waals surface area contributed by atoms with E-state index in [-0.39, 0.29) is 25.0 Å². The van der Waals surface area contributed by atoms with E-state index in [9.17, 15) is 9.59 Å². The lowest BCUT2D eigenvalue weighted by atomic mass is 9.96. The van der Waals surface area contributed by atoms with Crippen molar-refractivity contribution in [3.63, 3.8) is 0 Å². The average molecular weight is 555 g/mol. The van der Waals surface area contributed by atoms with Crippen molar-refractivity contribution in [3.8, 4) is 0 Å². The molecule has 5 rings (SSSR count). The van der Waals surface area contributed by atoms with Gasteiger partial charge >= 0.3 is 11.9 Å². The fourth-order valence-electron chi connectivity index (χ4n) is 5.72. The van der Waals surface area contributed by atoms with Crippen molar-refractivity contribution in [1.82, 2.24) is 19.4 Å². The van der Waals surface area contributed by atoms with Crippen molar-refractivity contribution < 1.29 is 19.4 Å². The summed E-state index contributed by atoms with van der Waals surface area (Å²) in [5.41, 5.74) is 5.68. The number of fused-ring (bicyclic) bond motifs is 1. The van der Waals surface area contributed by atoms with Gasteiger partial charge in [0.15, 0.2) is 0 Å². The van der Waals surface area contributed by atoms with Crippen molar-refractivity contribution in [2.45, 2.75) is 51.9 Å². The van der Waals surface area contributed by atoms with Gasteiger partial charge < -0.3 is 14.4 Å². The molecule has 8 heteroatoms. The van der Waals surface area contributed by atoms with Crippen LogP contribution in [0.1, 0.15) is 54.7 Å². The molecule has 1 aromatic heterocycles. The monoisotopic (exact) mass is 554 g/mol. The number of hydrogen-bond acceptors (Lipinski definition) is 6. The van der Waals surface area contributed by atoms with E-state index < -0.39 is 5.97 Å². The quantitative estimate of drug-likeness (QED) is 0.189. The first kappa shape index (κ1) is 28.5. The first-order valence-corrected chi connectivity index (χ1v) is 14.4. The van der Waals surface area contributed by atoms with Crippen molar-refractivity contribution in [1.29, 1.82) is 0 Å². The Morgan fingerprint density at radius 3 is 2.17 bits per heavy atom. The summed E-state index contributed by atoms with van der Waals surface area (Å²) in [6.07, 6.45) is 1.44. The maximum Gasteiger partial charge on any atom is 0.303 e. The van der Waals surface area contributed by atoms with Crippen LogP contribution in [0.4, 0.5) is 0 Å². The maximum atomic E-state index is 11.4. The van der Waals surface area contributed by atoms with Crippen LogP contribution in [0.5, 0.6) is 0 Å². The number of carboxylic acids is 1. The number of aromatic nitrogens is 2. The highest BCUT2D eigenvalue weighted by Gasteiger charge is 2.26. The molecule has 0 amide bonds. The number of aliphatic carboxylic acids is 1. The first-order chi connectivity index (χ1) is 20.0. The molecule has 1 N–H and O–H groups in total. The van der Waals surface area contributed by atoms with Gasteiger partial charge in [-0.15, -0.1) is 0 Å². The van der Waals surface area contributed by atoms with Gasteiger partial charge in [-0.05, 0) is 41.7 Å². The van der Waals surface area contributed by atoms with E-state index in [0.717, 1.165) is 43.8 Å². The summed E-state index contributed by atoms with van der Waals surface area (Å²) >= 11 is 0. The van der Waals surface area contributed by atoms with Crippen LogP contribution in [-0.4, -0.2) is 62.6 Å². The summed E-state index contributed by atoms with van der Waals surface area (Å²) in [5.74, 6) is -0.456. The van der Waals surface area contributed by atoms with Crippen molar-refractivity contribution in [3.05, 3.63) is 101 Å². The molecule has 41 heavy (non-hydrogen) atoms. The molecule has 1 fully saturated rings. The molecular formula is C33H38N4O4. The molecule has 0 spiro atoms. The van der Waals surface area contributed by atoms with E-state index in [0.29, 0.717) is 25.2 Å². The molecule has 8 nitrogen and oxygen atoms in total. The number of carboxylic acid groups (broad SMARTS) is 1. The zero-order valence-electron chi connectivity index (χ0n) is 23.6. The highest BCUT2D eigenvalue weighted by atomic mass is 16.5. The third-order valence-corrected chi connectivity index (χ3v) is 7.73. The van der Waals surface area contributed by atoms with Crippen LogP contribution in [0.3, 0.4) is 0 Å². The van der Waals surface area contributed by atoms with Gasteiger partial charge in [0.25, 0.3) is 0 Å². The summed E-state index contributed by atoms with van der Waals surface area (Å²) in [6, 6.07) is 28.1. The summed E-state index contributed by atoms with van der Waals surface area (Å²) in [6.45, 7) is 6.88. The predicted molar refractivity (Wildman–Crippen MR) is 158 cm³/mol. The fraction of sp³-hybridized carbons (Fsp3) is 0.364. The number of carbonyl (C=O) groups is 2. The summed E-state index contributed by atoms with van der Waals surface area (Å²) in [4.78, 5) is 32.2. The molecule has 0 saturated carbocycles. The van der Waals surface area contributed by atoms with Gasteiger partial charge in [-0.2, -0.15) is 0 Å². The molecule has 2 heterocycles. The Bertz CT molecular complexity index is 1410. The lowest BCUT2D eigenvalue weighted by Gasteiger charge is -2.39. The molecule has 0 radical (unpaired) electrons. The van der Waals surface area contributed by atoms with Crippen LogP contribution in [0, 0.1) is 0 Å². The Kier molecular flexibility index (Phi) is 9.44. The van der Waals surface area contributed by atoms with Crippen LogP contribution in [0.15, 0.2) is 78.9 Å². The smallest absolute Gasteiger partial charge is 0.303 e. The number of carbonyl (C=O) groups excluding carboxylic acids is 1. The van der Waals surface area contributed by atoms with Crippen LogP contribution in [0.2, 0.25) is 0 Å². The van der Waals surface area contributed by atoms with Crippen molar-refractivity contribution in [2.75, 3.05) is 26.2 Å². The lowest BCUT2D eigenvalue weighted by Crippen LogP contribution is -2.47. The van der Waals surface area contributed by atoms with Crippen LogP contribution in [-0.2, 0) is 34.0 Å². The van der Waals surface area contributed by atoms with E-state index in [2.05, 4.69) is 93.2 Å². The Morgan fingerprint density at radius 1 is 0.902 bits per heavy atom. The number of ether oxygens (including phenoxy) is 1. The topological polar surface area (TPSA) is 87.9 Å². The molecule has 0 bridgehead atoms. The second-order valence-corrected chi connectivity index (χ2v) is 10.7. The highest BCUT2D eigenvalue weighted by molar-refractivity contribution is 5.77. The highest BCUT2D eigenvalue weighted by Crippen LogP contribution is 2.30. The standard InChI is InChI=1S/C33H38N4O4/c1-25(38)41-24-31-34-29-22-26(15-16-30(29)37(31)17-9-8-14-32(39)40)23-35-18-20-36(21-19-35)33(27-10-4-2-5-11-27)28-12-6-3-7-13-28/h2-7,10-13,15-16,22,33H,8-9,14,17-21,23-24H2,1H3,(H,39,40). The number of aryl methyl sites for hydroxylation is 1. The minimum Gasteiger partial charge on any atom is -0.481 e. The first-order valence-electron chi connectivity index (χ1n) is 14.4. The normalized spacial score (nSPS) is 14.5. The maximum absolute atomic E-state index is 11.4. The minimum absolute atomic E-state index is 0.101. The van der Waals surface area contributed by atoms with Gasteiger partial charge in [-0.1, -0.05) is 66.7 Å². The van der Waals surface area contributed by atoms with Gasteiger partial charge in [0.05, 0.1) is 17.1 Å². The molecule has 0 atom stereocenters. The second kappa shape index (κ2) is 13.6. The van der Waals surface area contributed by atoms with Gasteiger partial charge in [0.2, 0.25) is 0 Å². The minimum atomic E-state index is -0.790. The third-order valence-electron chi connectivity index (χ3n) is 7.73. The van der Waals surface area contributed by atoms with E-state index in [1.54, 1.807) is 0 Å². The number of piperazine rings is 1. The molecule has 0 unspecified atom stereocenters. The molecule has 3 aromatic carbocycles. The zero-order valence-corrected chi connectivity index (χ0v) is 23.6. The zero-order chi connectivity index (χ0) is 28.6. The lowest BCUT2D eigenvalue weighted by molar-refractivity contribution is -0.142. The van der Waals surface area contributed by atoms with E-state index in [4.69, 9.17) is 14.8 Å². The van der Waals surface area contributed by atoms with Crippen LogP contribution >= 0.6 is 0 Å². The Morgan fingerprint density at radius 2 is 1.56 bits per heavy atom. The summed E-state index contributed by atoms with van der Waals surface area (Å²) in [7, 11) is 0. The molecule has 1 saturated heterocycles. The predicted octanol–water partition coefficient (Wildman–Crippen LogP) is 5.26. The molecule has 4 aromatic rings. The molecule has 214 valence electrons. The van der Waals surface area contributed by atoms with E-state index in [1.165, 1.54) is 23.6 Å². The largest absolute Gasteiger partial charge is 0.481 e. The van der Waals surface area contributed by atoms with Crippen molar-refractivity contribution >= 4 is 23.0 Å². The van der Waals surface area contributed by atoms with Gasteiger partial charge in [-0.3, -0.25) is 19.4 Å². The van der Waals surface area contributed by atoms with Gasteiger partial charge in [0, 0.05) is 52.6 Å². The SMILES string of the molecule is CC(=O)OCc1nc2cc(CN3CCN(C(c4ccccc4)c4ccccc4)CC3)ccc2n1CCCCC(=O)O. The van der Waals surface area contributed by atoms with Gasteiger partial charge in [-0.25, -0.2) is 4.98 Å². The third kappa shape index (κ3) is 7.39. The number of nitrogens with zero attached hydrogens (tertiary/aromatic N) is 4. The molecule has 1 aliphatic heterocycles. The fourth-order valence-corrected chi connectivity index (χ4v) is 5.72. The average Bonchev–Trinajstić information content (AvgIpc) is 3.33. The number of benzene rings is 3. The Labute approximate surface area is 241 Å². The Balaban J connectivity index is 1.26. The van der Waals surface area contributed by atoms with E-state index >= 15 is 0 Å². The Hall–Kier alpha value is -4.01. The number of imidazole rings is 1. The van der Waals surface area contributed by atoms with E-state index in [1.807, 2.05) is 0 Å². The number of rotatable bonds is 12. The summed E-state index contributed by atoms with van der Waals surface area (Å²) in [5, 5.41) is 8.97. The summed E-state index contributed by atoms with van der Waals surface area (Å²) < 4.78 is 7.31. The second-order valence-electron chi connectivity index (χ2n) is 10.7. The molecule has 1 aliphatic rings.